The molecular weight excluding hydrogens is 470 g/mol. The van der Waals surface area contributed by atoms with Gasteiger partial charge in [0.15, 0.2) is 17.1 Å². The van der Waals surface area contributed by atoms with Crippen LogP contribution in [0, 0.1) is 13.8 Å². The molecule has 4 aromatic rings. The molecule has 0 radical (unpaired) electrons. The van der Waals surface area contributed by atoms with Crippen LogP contribution < -0.4 is 19.7 Å². The Morgan fingerprint density at radius 3 is 2.59 bits per heavy atom. The van der Waals surface area contributed by atoms with Gasteiger partial charge in [-0.15, -0.1) is 0 Å². The molecule has 192 valence electrons. The lowest BCUT2D eigenvalue weighted by atomic mass is 10.1. The Kier molecular flexibility index (Phi) is 6.85. The van der Waals surface area contributed by atoms with Gasteiger partial charge in [0.2, 0.25) is 0 Å². The van der Waals surface area contributed by atoms with Crippen molar-refractivity contribution in [3.05, 3.63) is 71.5 Å². The largest absolute Gasteiger partial charge is 0.493 e. The number of hydrogen-bond acceptors (Lipinski definition) is 7. The summed E-state index contributed by atoms with van der Waals surface area (Å²) in [6.45, 7) is 5.66. The third kappa shape index (κ3) is 5.02. The zero-order chi connectivity index (χ0) is 25.9. The Labute approximate surface area is 216 Å². The van der Waals surface area contributed by atoms with E-state index in [1.165, 1.54) is 0 Å². The number of aryl methyl sites for hydroxylation is 2. The van der Waals surface area contributed by atoms with Crippen molar-refractivity contribution in [3.63, 3.8) is 0 Å². The summed E-state index contributed by atoms with van der Waals surface area (Å²) in [6.07, 6.45) is 0.412. The van der Waals surface area contributed by atoms with Gasteiger partial charge in [0.05, 0.1) is 43.0 Å². The number of amides is 1. The first-order valence-electron chi connectivity index (χ1n) is 12.3. The second-order valence-electron chi connectivity index (χ2n) is 9.16. The van der Waals surface area contributed by atoms with Crippen LogP contribution in [0.4, 0.5) is 10.5 Å². The minimum Gasteiger partial charge on any atom is -0.493 e. The number of imidazole rings is 1. The van der Waals surface area contributed by atoms with Gasteiger partial charge in [-0.2, -0.15) is 5.10 Å². The molecular formula is C28H31N5O4. The molecule has 1 aliphatic rings. The molecule has 5 rings (SSSR count). The molecule has 1 amide bonds. The lowest BCUT2D eigenvalue weighted by molar-refractivity contribution is 0.136. The van der Waals surface area contributed by atoms with Crippen LogP contribution in [0.3, 0.4) is 0 Å². The van der Waals surface area contributed by atoms with Crippen LogP contribution in [0.1, 0.15) is 23.4 Å². The molecule has 0 unspecified atom stereocenters. The first kappa shape index (κ1) is 24.4. The van der Waals surface area contributed by atoms with Gasteiger partial charge >= 0.3 is 6.09 Å². The average molecular weight is 502 g/mol. The van der Waals surface area contributed by atoms with Crippen molar-refractivity contribution < 1.29 is 19.0 Å². The second kappa shape index (κ2) is 10.4. The number of benzene rings is 2. The highest BCUT2D eigenvalue weighted by molar-refractivity contribution is 5.77. The van der Waals surface area contributed by atoms with E-state index in [0.29, 0.717) is 18.0 Å². The van der Waals surface area contributed by atoms with Crippen LogP contribution in [0.15, 0.2) is 54.6 Å². The average Bonchev–Trinajstić information content (AvgIpc) is 3.50. The van der Waals surface area contributed by atoms with Crippen molar-refractivity contribution in [2.45, 2.75) is 32.9 Å². The first-order chi connectivity index (χ1) is 18.0. The maximum Gasteiger partial charge on any atom is 0.407 e. The summed E-state index contributed by atoms with van der Waals surface area (Å²) in [5, 5.41) is 7.80. The van der Waals surface area contributed by atoms with Crippen molar-refractivity contribution in [1.82, 2.24) is 19.9 Å². The number of fused-ring (bicyclic) bond motifs is 1. The fourth-order valence-corrected chi connectivity index (χ4v) is 4.81. The lowest BCUT2D eigenvalue weighted by Gasteiger charge is -2.20. The molecule has 1 atom stereocenters. The van der Waals surface area contributed by atoms with E-state index in [4.69, 9.17) is 24.3 Å². The van der Waals surface area contributed by atoms with Crippen molar-refractivity contribution in [3.8, 4) is 22.8 Å². The molecule has 9 nitrogen and oxygen atoms in total. The Hall–Kier alpha value is -4.27. The molecule has 1 fully saturated rings. The summed E-state index contributed by atoms with van der Waals surface area (Å²) in [4.78, 5) is 19.5. The van der Waals surface area contributed by atoms with Gasteiger partial charge in [-0.1, -0.05) is 30.3 Å². The van der Waals surface area contributed by atoms with E-state index in [9.17, 15) is 4.79 Å². The molecule has 0 bridgehead atoms. The highest BCUT2D eigenvalue weighted by Crippen LogP contribution is 2.35. The van der Waals surface area contributed by atoms with Crippen LogP contribution in [-0.4, -0.2) is 54.0 Å². The number of alkyl carbamates (subject to hydrolysis) is 1. The normalized spacial score (nSPS) is 15.1. The summed E-state index contributed by atoms with van der Waals surface area (Å²) in [7, 11) is 3.24. The topological polar surface area (TPSA) is 90.2 Å². The Bertz CT molecular complexity index is 1420. The summed E-state index contributed by atoms with van der Waals surface area (Å²) in [6, 6.07) is 17.5. The van der Waals surface area contributed by atoms with Gasteiger partial charge < -0.3 is 24.4 Å². The minimum atomic E-state index is -0.404. The van der Waals surface area contributed by atoms with Crippen LogP contribution in [-0.2, 0) is 11.3 Å². The van der Waals surface area contributed by atoms with Crippen LogP contribution >= 0.6 is 0 Å². The lowest BCUT2D eigenvalue weighted by Crippen LogP contribution is -2.37. The molecule has 2 aromatic carbocycles. The molecule has 37 heavy (non-hydrogen) atoms. The predicted molar refractivity (Wildman–Crippen MR) is 141 cm³/mol. The number of anilines is 1. The maximum atomic E-state index is 12.4. The van der Waals surface area contributed by atoms with Crippen molar-refractivity contribution in [1.29, 1.82) is 0 Å². The number of carbonyl (C=O) groups excluding carboxylic acids is 1. The molecule has 0 aliphatic carbocycles. The Balaban J connectivity index is 1.36. The fourth-order valence-electron chi connectivity index (χ4n) is 4.81. The van der Waals surface area contributed by atoms with E-state index in [0.717, 1.165) is 52.5 Å². The zero-order valence-corrected chi connectivity index (χ0v) is 21.5. The van der Waals surface area contributed by atoms with Gasteiger partial charge in [0.25, 0.3) is 0 Å². The highest BCUT2D eigenvalue weighted by Gasteiger charge is 2.28. The minimum absolute atomic E-state index is 0.0156. The summed E-state index contributed by atoms with van der Waals surface area (Å²) in [5.74, 6) is 1.32. The van der Waals surface area contributed by atoms with Crippen LogP contribution in [0.25, 0.3) is 16.9 Å². The Morgan fingerprint density at radius 2 is 1.84 bits per heavy atom. The van der Waals surface area contributed by atoms with Gasteiger partial charge in [-0.3, -0.25) is 0 Å². The first-order valence-corrected chi connectivity index (χ1v) is 12.3. The fraction of sp³-hybridized carbons (Fsp3) is 0.321. The number of aromatic nitrogens is 3. The standard InChI is InChI=1S/C28H31N5O4/c1-18-14-23(32-13-12-22(16-32)30-28(34)37-17-20-8-6-5-7-9-20)27-29-19(2)26(33(27)31-18)21-10-11-24(35-3)25(15-21)36-4/h5-11,14-15,22H,12-13,16-17H2,1-4H3,(H,30,34)/t22-/m1/s1. The second-order valence-corrected chi connectivity index (χ2v) is 9.16. The number of methoxy groups -OCH3 is 2. The van der Waals surface area contributed by atoms with E-state index in [2.05, 4.69) is 16.3 Å². The van der Waals surface area contributed by atoms with Crippen molar-refractivity contribution >= 4 is 17.4 Å². The molecule has 9 heteroatoms. The molecule has 0 spiro atoms. The van der Waals surface area contributed by atoms with Gasteiger partial charge in [-0.05, 0) is 50.1 Å². The van der Waals surface area contributed by atoms with Gasteiger partial charge in [0.1, 0.15) is 6.61 Å². The third-order valence-corrected chi connectivity index (χ3v) is 6.58. The summed E-state index contributed by atoms with van der Waals surface area (Å²) >= 11 is 0. The number of ether oxygens (including phenoxy) is 3. The molecule has 1 aliphatic heterocycles. The quantitative estimate of drug-likeness (QED) is 0.398. The molecule has 2 aromatic heterocycles. The number of nitrogens with one attached hydrogen (secondary N) is 1. The molecule has 1 saturated heterocycles. The van der Waals surface area contributed by atoms with Crippen molar-refractivity contribution in [2.75, 3.05) is 32.2 Å². The molecule has 3 heterocycles. The van der Waals surface area contributed by atoms with E-state index in [1.54, 1.807) is 14.2 Å². The van der Waals surface area contributed by atoms with E-state index >= 15 is 0 Å². The van der Waals surface area contributed by atoms with Crippen molar-refractivity contribution in [2.24, 2.45) is 0 Å². The maximum absolute atomic E-state index is 12.4. The van der Waals surface area contributed by atoms with Crippen LogP contribution in [0.2, 0.25) is 0 Å². The number of rotatable bonds is 7. The predicted octanol–water partition coefficient (Wildman–Crippen LogP) is 4.54. The number of nitrogens with zero attached hydrogens (tertiary/aromatic N) is 4. The zero-order valence-electron chi connectivity index (χ0n) is 21.5. The molecule has 0 saturated carbocycles. The summed E-state index contributed by atoms with van der Waals surface area (Å²) < 4.78 is 18.2. The highest BCUT2D eigenvalue weighted by atomic mass is 16.5. The van der Waals surface area contributed by atoms with Gasteiger partial charge in [0, 0.05) is 18.7 Å². The van der Waals surface area contributed by atoms with Crippen LogP contribution in [0.5, 0.6) is 11.5 Å². The Morgan fingerprint density at radius 1 is 1.05 bits per heavy atom. The number of carbonyl (C=O) groups is 1. The van der Waals surface area contributed by atoms with E-state index in [1.807, 2.05) is 66.9 Å². The van der Waals surface area contributed by atoms with Gasteiger partial charge in [-0.25, -0.2) is 14.3 Å². The smallest absolute Gasteiger partial charge is 0.407 e. The number of hydrogen-bond donors (Lipinski definition) is 1. The summed E-state index contributed by atoms with van der Waals surface area (Å²) in [5.41, 5.74) is 6.31. The van der Waals surface area contributed by atoms with E-state index in [-0.39, 0.29) is 12.6 Å². The third-order valence-electron chi connectivity index (χ3n) is 6.58. The SMILES string of the molecule is COc1ccc(-c2c(C)nc3c(N4CC[C@@H](NC(=O)OCc5ccccc5)C4)cc(C)nn23)cc1OC. The molecule has 1 N–H and O–H groups in total. The monoisotopic (exact) mass is 501 g/mol. The van der Waals surface area contributed by atoms with E-state index < -0.39 is 6.09 Å².